The molecule has 3 aromatic rings. The second-order valence-electron chi connectivity index (χ2n) is 7.89. The second kappa shape index (κ2) is 8.57. The highest BCUT2D eigenvalue weighted by atomic mass is 35.5. The predicted octanol–water partition coefficient (Wildman–Crippen LogP) is 4.12. The van der Waals surface area contributed by atoms with Gasteiger partial charge < -0.3 is 4.74 Å². The summed E-state index contributed by atoms with van der Waals surface area (Å²) in [5.74, 6) is 1.65. The number of aryl methyl sites for hydroxylation is 1. The number of imide groups is 1. The number of aromatic nitrogens is 1. The molecule has 0 unspecified atom stereocenters. The van der Waals surface area contributed by atoms with Crippen molar-refractivity contribution in [1.29, 1.82) is 0 Å². The Labute approximate surface area is 197 Å². The summed E-state index contributed by atoms with van der Waals surface area (Å²) in [4.78, 5) is 32.2. The number of nitrogens with zero attached hydrogens (tertiary/aromatic N) is 2. The fraction of sp³-hybridized carbons (Fsp3) is 0.348. The number of halogens is 1. The number of fused-ring (bicyclic) bond motifs is 3. The molecular weight excluding hydrogens is 468 g/mol. The number of pyridine rings is 1. The van der Waals surface area contributed by atoms with Crippen LogP contribution < -0.4 is 4.74 Å². The predicted molar refractivity (Wildman–Crippen MR) is 127 cm³/mol. The number of carbonyl (C=O) groups is 2. The van der Waals surface area contributed by atoms with Crippen LogP contribution in [0.2, 0.25) is 5.02 Å². The average Bonchev–Trinajstić information content (AvgIpc) is 3.30. The van der Waals surface area contributed by atoms with Crippen molar-refractivity contribution in [2.45, 2.75) is 31.4 Å². The SMILES string of the molecule is COc1ccc(-c2c(Cl)c(CCN3C(=O)CCC3=O)nc3sc4c(c23)CC[S@@](=O)C4)cc1. The van der Waals surface area contributed by atoms with Gasteiger partial charge in [-0.25, -0.2) is 4.98 Å². The maximum Gasteiger partial charge on any atom is 0.229 e. The number of hydrogen-bond acceptors (Lipinski definition) is 6. The molecule has 0 spiro atoms. The lowest BCUT2D eigenvalue weighted by Gasteiger charge is -2.17. The van der Waals surface area contributed by atoms with Crippen molar-refractivity contribution in [3.63, 3.8) is 0 Å². The summed E-state index contributed by atoms with van der Waals surface area (Å²) in [6.45, 7) is 0.271. The first-order valence-corrected chi connectivity index (χ1v) is 13.1. The largest absolute Gasteiger partial charge is 0.497 e. The summed E-state index contributed by atoms with van der Waals surface area (Å²) in [5.41, 5.74) is 3.70. The molecule has 2 amide bonds. The first kappa shape index (κ1) is 21.6. The van der Waals surface area contributed by atoms with Crippen molar-refractivity contribution in [1.82, 2.24) is 9.88 Å². The molecule has 0 bridgehead atoms. The number of amides is 2. The number of ether oxygens (including phenoxy) is 1. The molecule has 166 valence electrons. The van der Waals surface area contributed by atoms with Crippen LogP contribution in [-0.4, -0.2) is 45.3 Å². The van der Waals surface area contributed by atoms with Crippen LogP contribution in [0.4, 0.5) is 0 Å². The zero-order chi connectivity index (χ0) is 22.4. The van der Waals surface area contributed by atoms with Crippen LogP contribution >= 0.6 is 22.9 Å². The van der Waals surface area contributed by atoms with E-state index < -0.39 is 10.8 Å². The Morgan fingerprint density at radius 1 is 1.16 bits per heavy atom. The van der Waals surface area contributed by atoms with Crippen LogP contribution in [-0.2, 0) is 39.0 Å². The number of likely N-dealkylation sites (tertiary alicyclic amines) is 1. The van der Waals surface area contributed by atoms with Crippen LogP contribution in [0.3, 0.4) is 0 Å². The van der Waals surface area contributed by atoms with E-state index in [1.165, 1.54) is 10.5 Å². The maximum atomic E-state index is 12.2. The van der Waals surface area contributed by atoms with Gasteiger partial charge in [-0.15, -0.1) is 11.3 Å². The first-order valence-electron chi connectivity index (χ1n) is 10.4. The smallest absolute Gasteiger partial charge is 0.229 e. The first-order chi connectivity index (χ1) is 15.5. The van der Waals surface area contributed by atoms with Gasteiger partial charge in [0.2, 0.25) is 11.8 Å². The summed E-state index contributed by atoms with van der Waals surface area (Å²) >= 11 is 8.51. The van der Waals surface area contributed by atoms with Gasteiger partial charge in [0.1, 0.15) is 10.6 Å². The van der Waals surface area contributed by atoms with E-state index in [0.29, 0.717) is 28.6 Å². The van der Waals surface area contributed by atoms with E-state index in [0.717, 1.165) is 38.4 Å². The highest BCUT2D eigenvalue weighted by Crippen LogP contribution is 2.44. The molecule has 4 heterocycles. The van der Waals surface area contributed by atoms with E-state index in [9.17, 15) is 13.8 Å². The van der Waals surface area contributed by atoms with Crippen LogP contribution in [0.1, 0.15) is 29.0 Å². The zero-order valence-corrected chi connectivity index (χ0v) is 19.9. The fourth-order valence-electron chi connectivity index (χ4n) is 4.36. The Bertz CT molecular complexity index is 1250. The molecule has 5 rings (SSSR count). The molecule has 1 aromatic carbocycles. The maximum absolute atomic E-state index is 12.2. The summed E-state index contributed by atoms with van der Waals surface area (Å²) < 4.78 is 17.5. The number of methoxy groups -OCH3 is 1. The van der Waals surface area contributed by atoms with E-state index in [4.69, 9.17) is 21.3 Å². The Morgan fingerprint density at radius 2 is 1.88 bits per heavy atom. The number of hydrogen-bond donors (Lipinski definition) is 0. The molecule has 1 saturated heterocycles. The topological polar surface area (TPSA) is 76.6 Å². The van der Waals surface area contributed by atoms with Crippen molar-refractivity contribution in [2.75, 3.05) is 19.4 Å². The van der Waals surface area contributed by atoms with E-state index in [2.05, 4.69) is 0 Å². The summed E-state index contributed by atoms with van der Waals surface area (Å²) in [6.07, 6.45) is 1.67. The third-order valence-corrected chi connectivity index (χ3v) is 8.99. The van der Waals surface area contributed by atoms with Crippen LogP contribution in [0.15, 0.2) is 24.3 Å². The third-order valence-electron chi connectivity index (χ3n) is 6.01. The van der Waals surface area contributed by atoms with E-state index in [1.54, 1.807) is 18.4 Å². The van der Waals surface area contributed by atoms with Crippen LogP contribution in [0.25, 0.3) is 21.3 Å². The molecule has 2 aliphatic heterocycles. The number of carbonyl (C=O) groups excluding carboxylic acids is 2. The van der Waals surface area contributed by atoms with E-state index in [-0.39, 0.29) is 31.2 Å². The molecule has 6 nitrogen and oxygen atoms in total. The van der Waals surface area contributed by atoms with E-state index in [1.807, 2.05) is 24.3 Å². The van der Waals surface area contributed by atoms with Gasteiger partial charge in [-0.1, -0.05) is 23.7 Å². The minimum Gasteiger partial charge on any atom is -0.497 e. The molecule has 0 radical (unpaired) electrons. The second-order valence-corrected chi connectivity index (χ2v) is 10.9. The van der Waals surface area contributed by atoms with E-state index >= 15 is 0 Å². The van der Waals surface area contributed by atoms with Crippen molar-refractivity contribution >= 4 is 55.8 Å². The van der Waals surface area contributed by atoms with Gasteiger partial charge in [0.25, 0.3) is 0 Å². The Kier molecular flexibility index (Phi) is 5.77. The van der Waals surface area contributed by atoms with Crippen molar-refractivity contribution in [3.8, 4) is 16.9 Å². The molecule has 2 aromatic heterocycles. The Hall–Kier alpha value is -2.29. The van der Waals surface area contributed by atoms with Gasteiger partial charge >= 0.3 is 0 Å². The molecule has 9 heteroatoms. The summed E-state index contributed by atoms with van der Waals surface area (Å²) in [7, 11) is 0.770. The lowest BCUT2D eigenvalue weighted by molar-refractivity contribution is -0.138. The van der Waals surface area contributed by atoms with Gasteiger partial charge in [0, 0.05) is 58.2 Å². The zero-order valence-electron chi connectivity index (χ0n) is 17.5. The highest BCUT2D eigenvalue weighted by Gasteiger charge is 2.30. The molecule has 1 fully saturated rings. The molecule has 0 saturated carbocycles. The lowest BCUT2D eigenvalue weighted by Crippen LogP contribution is -2.31. The molecule has 32 heavy (non-hydrogen) atoms. The lowest BCUT2D eigenvalue weighted by atomic mass is 9.97. The minimum absolute atomic E-state index is 0.142. The van der Waals surface area contributed by atoms with Gasteiger partial charge in [0.05, 0.1) is 23.6 Å². The van der Waals surface area contributed by atoms with Crippen LogP contribution in [0, 0.1) is 0 Å². The van der Waals surface area contributed by atoms with Gasteiger partial charge in [-0.05, 0) is 29.7 Å². The summed E-state index contributed by atoms with van der Waals surface area (Å²) in [5, 5.41) is 1.56. The number of rotatable bonds is 5. The molecule has 2 aliphatic rings. The van der Waals surface area contributed by atoms with Crippen molar-refractivity contribution in [3.05, 3.63) is 45.4 Å². The van der Waals surface area contributed by atoms with Crippen LogP contribution in [0.5, 0.6) is 5.75 Å². The third kappa shape index (κ3) is 3.74. The summed E-state index contributed by atoms with van der Waals surface area (Å²) in [6, 6.07) is 7.74. The van der Waals surface area contributed by atoms with Gasteiger partial charge in [-0.2, -0.15) is 0 Å². The molecular formula is C23H21ClN2O4S2. The highest BCUT2D eigenvalue weighted by molar-refractivity contribution is 7.84. The molecule has 0 aliphatic carbocycles. The molecule has 1 atom stereocenters. The van der Waals surface area contributed by atoms with Crippen molar-refractivity contribution < 1.29 is 18.5 Å². The monoisotopic (exact) mass is 488 g/mol. The van der Waals surface area contributed by atoms with Gasteiger partial charge in [0.15, 0.2) is 0 Å². The average molecular weight is 489 g/mol. The molecule has 0 N–H and O–H groups in total. The number of benzene rings is 1. The number of thiophene rings is 1. The van der Waals surface area contributed by atoms with Gasteiger partial charge in [-0.3, -0.25) is 18.7 Å². The fourth-order valence-corrected chi connectivity index (χ4v) is 7.42. The Balaban J connectivity index is 1.63. The Morgan fingerprint density at radius 3 is 2.56 bits per heavy atom. The standard InChI is InChI=1S/C23H21ClN2O4S2/c1-30-14-4-2-13(3-5-14)20-21-15-9-11-32(29)12-17(15)31-23(21)25-16(22(20)24)8-10-26-18(27)6-7-19(26)28/h2-5H,6-12H2,1H3/t32-/m1/s1. The normalized spacial score (nSPS) is 18.4. The minimum atomic E-state index is -0.856. The quantitative estimate of drug-likeness (QED) is 0.505. The van der Waals surface area contributed by atoms with Crippen molar-refractivity contribution in [2.24, 2.45) is 0 Å².